The fourth-order valence-corrected chi connectivity index (χ4v) is 3.50. The van der Waals surface area contributed by atoms with E-state index < -0.39 is 5.97 Å². The Balaban J connectivity index is 0. The van der Waals surface area contributed by atoms with Crippen molar-refractivity contribution in [1.29, 1.82) is 0 Å². The van der Waals surface area contributed by atoms with E-state index in [1.807, 2.05) is 26.1 Å². The first-order valence-corrected chi connectivity index (χ1v) is 12.6. The molecule has 0 aromatic heterocycles. The van der Waals surface area contributed by atoms with Crippen LogP contribution in [-0.2, 0) is 42.2 Å². The number of hydrogen-bond acceptors (Lipinski definition) is 8. The van der Waals surface area contributed by atoms with Gasteiger partial charge in [-0.25, -0.2) is 4.79 Å². The number of benzene rings is 2. The number of likely N-dealkylation sites (tertiary alicyclic amines) is 1. The van der Waals surface area contributed by atoms with Crippen LogP contribution in [0.2, 0.25) is 0 Å². The molecule has 1 heterocycles. The van der Waals surface area contributed by atoms with Crippen LogP contribution in [0.4, 0.5) is 17.1 Å². The zero-order valence-electron chi connectivity index (χ0n) is 23.2. The Labute approximate surface area is 256 Å². The number of ether oxygens (including phenoxy) is 1. The molecule has 2 aromatic rings. The van der Waals surface area contributed by atoms with Crippen molar-refractivity contribution < 1.29 is 62.1 Å². The first-order valence-electron chi connectivity index (χ1n) is 12.6. The Morgan fingerprint density at radius 3 is 2.31 bits per heavy atom. The van der Waals surface area contributed by atoms with E-state index in [2.05, 4.69) is 15.5 Å². The van der Waals surface area contributed by atoms with E-state index in [1.54, 1.807) is 37.4 Å². The number of nitrogens with zero attached hydrogens (tertiary/aromatic N) is 1. The Morgan fingerprint density at radius 2 is 1.72 bits per heavy atom. The number of rotatable bonds is 10. The first-order chi connectivity index (χ1) is 18.4. The van der Waals surface area contributed by atoms with E-state index in [0.29, 0.717) is 36.6 Å². The van der Waals surface area contributed by atoms with E-state index in [0.717, 1.165) is 25.3 Å². The van der Waals surface area contributed by atoms with Crippen molar-refractivity contribution in [2.24, 2.45) is 0 Å². The third-order valence-electron chi connectivity index (χ3n) is 5.29. The maximum atomic E-state index is 12.4. The molecule has 0 atom stereocenters. The normalized spacial score (nSPS) is 11.9. The second kappa shape index (κ2) is 24.5. The average Bonchev–Trinajstić information content (AvgIpc) is 2.97. The molecule has 0 aliphatic carbocycles. The van der Waals surface area contributed by atoms with Crippen LogP contribution in [0, 0.1) is 0 Å². The molecule has 1 aliphatic heterocycles. The number of carboxylic acids is 1. The molecule has 12 heteroatoms. The zero-order chi connectivity index (χ0) is 28.8. The van der Waals surface area contributed by atoms with Crippen molar-refractivity contribution in [3.8, 4) is 0 Å². The molecule has 0 saturated carbocycles. The Morgan fingerprint density at radius 1 is 1.05 bits per heavy atom. The minimum absolute atomic E-state index is 0. The average molecular weight is 622 g/mol. The fraction of sp³-hybridized carbons (Fsp3) is 0.444. The first kappa shape index (κ1) is 38.6. The number of carbonyl (C=O) groups is 3. The summed E-state index contributed by atoms with van der Waals surface area (Å²) in [7, 11) is 1.64. The second-order valence-electron chi connectivity index (χ2n) is 7.84. The SMILES string of the molecule is C=O.CC.COCCNc1ccc([NH-])cc1C(=O)NCCN1CCCCC1.O=C(O)c1cccc(NO)c1.[Y]. The van der Waals surface area contributed by atoms with Gasteiger partial charge in [-0.05, 0) is 50.2 Å². The number of carbonyl (C=O) groups excluding carboxylic acids is 2. The predicted molar refractivity (Wildman–Crippen MR) is 151 cm³/mol. The summed E-state index contributed by atoms with van der Waals surface area (Å²) in [6.07, 6.45) is 3.82. The molecule has 1 amide bonds. The number of anilines is 2. The summed E-state index contributed by atoms with van der Waals surface area (Å²) in [6.45, 7) is 11.0. The van der Waals surface area contributed by atoms with Crippen LogP contribution in [0.25, 0.3) is 5.73 Å². The Bertz CT molecular complexity index is 945. The number of aromatic carboxylic acids is 1. The van der Waals surface area contributed by atoms with Crippen LogP contribution in [0.3, 0.4) is 0 Å². The van der Waals surface area contributed by atoms with E-state index in [-0.39, 0.29) is 44.2 Å². The van der Waals surface area contributed by atoms with E-state index >= 15 is 0 Å². The largest absolute Gasteiger partial charge is 0.699 e. The summed E-state index contributed by atoms with van der Waals surface area (Å²) in [5, 5.41) is 23.0. The van der Waals surface area contributed by atoms with Gasteiger partial charge in [0, 0.05) is 65.1 Å². The molecule has 1 aliphatic rings. The third kappa shape index (κ3) is 16.2. The van der Waals surface area contributed by atoms with Crippen LogP contribution < -0.4 is 16.1 Å². The van der Waals surface area contributed by atoms with Crippen LogP contribution in [0.5, 0.6) is 0 Å². The van der Waals surface area contributed by atoms with Crippen molar-refractivity contribution in [3.63, 3.8) is 0 Å². The van der Waals surface area contributed by atoms with E-state index in [9.17, 15) is 9.59 Å². The number of methoxy groups -OCH3 is 1. The van der Waals surface area contributed by atoms with Crippen LogP contribution in [0.15, 0.2) is 42.5 Å². The summed E-state index contributed by atoms with van der Waals surface area (Å²) in [5.74, 6) is -1.14. The number of carboxylic acid groups (broad SMARTS) is 1. The van der Waals surface area contributed by atoms with Gasteiger partial charge in [-0.15, -0.1) is 5.69 Å². The Hall–Kier alpha value is -2.57. The van der Waals surface area contributed by atoms with Gasteiger partial charge in [0.1, 0.15) is 6.79 Å². The standard InChI is InChI=1S/C17H27N4O2.C7H7NO3.C2H6.CH2O.Y/c1-23-12-8-19-16-6-5-14(18)13-15(16)17(22)20-7-11-21-9-3-2-4-10-21;9-7(10)5-2-1-3-6(4-5)8-11;2*1-2;/h5-6,13,18H,2-4,7-12H2,1H3,(H2,19,20,22);1-4,8,11H,(H,9,10);1-2H3;1H2;/q-1;;;;. The summed E-state index contributed by atoms with van der Waals surface area (Å²) >= 11 is 0. The molecule has 11 nitrogen and oxygen atoms in total. The molecule has 39 heavy (non-hydrogen) atoms. The van der Waals surface area contributed by atoms with Gasteiger partial charge in [0.15, 0.2) is 0 Å². The molecular formula is C27H42N5O6Y-. The second-order valence-corrected chi connectivity index (χ2v) is 7.84. The number of hydrogen-bond donors (Lipinski definition) is 5. The van der Waals surface area contributed by atoms with Crippen molar-refractivity contribution in [3.05, 3.63) is 59.3 Å². The maximum Gasteiger partial charge on any atom is 0.335 e. The van der Waals surface area contributed by atoms with Gasteiger partial charge in [0.25, 0.3) is 5.91 Å². The topological polar surface area (TPSA) is 164 Å². The maximum absolute atomic E-state index is 12.4. The minimum atomic E-state index is -1.01. The zero-order valence-corrected chi connectivity index (χ0v) is 26.0. The van der Waals surface area contributed by atoms with Crippen LogP contribution in [-0.4, -0.2) is 80.3 Å². The van der Waals surface area contributed by atoms with Crippen molar-refractivity contribution in [2.45, 2.75) is 33.1 Å². The molecule has 1 saturated heterocycles. The van der Waals surface area contributed by atoms with Gasteiger partial charge in [0.05, 0.1) is 23.4 Å². The van der Waals surface area contributed by atoms with Crippen molar-refractivity contribution in [2.75, 3.05) is 57.2 Å². The summed E-state index contributed by atoms with van der Waals surface area (Å²) in [4.78, 5) is 33.2. The van der Waals surface area contributed by atoms with Gasteiger partial charge >= 0.3 is 5.97 Å². The fourth-order valence-electron chi connectivity index (χ4n) is 3.50. The number of nitrogens with one attached hydrogen (secondary N) is 4. The molecule has 1 radical (unpaired) electrons. The van der Waals surface area contributed by atoms with Crippen LogP contribution in [0.1, 0.15) is 53.8 Å². The number of amides is 1. The van der Waals surface area contributed by atoms with E-state index in [1.165, 1.54) is 31.4 Å². The van der Waals surface area contributed by atoms with Gasteiger partial charge in [0.2, 0.25) is 0 Å². The molecule has 2 aromatic carbocycles. The van der Waals surface area contributed by atoms with Crippen LogP contribution >= 0.6 is 0 Å². The smallest absolute Gasteiger partial charge is 0.335 e. The quantitative estimate of drug-likeness (QED) is 0.187. The van der Waals surface area contributed by atoms with Gasteiger partial charge in [-0.2, -0.15) is 0 Å². The van der Waals surface area contributed by atoms with Crippen molar-refractivity contribution in [1.82, 2.24) is 10.2 Å². The molecular weight excluding hydrogens is 579 g/mol. The van der Waals surface area contributed by atoms with Crippen molar-refractivity contribution >= 4 is 35.7 Å². The monoisotopic (exact) mass is 621 g/mol. The molecule has 1 fully saturated rings. The van der Waals surface area contributed by atoms with Gasteiger partial charge in [-0.1, -0.05) is 38.5 Å². The summed E-state index contributed by atoms with van der Waals surface area (Å²) in [5.41, 5.74) is 11.7. The molecule has 0 spiro atoms. The number of piperidine rings is 1. The Kier molecular flexibility index (Phi) is 24.2. The van der Waals surface area contributed by atoms with Gasteiger partial charge in [-0.3, -0.25) is 15.5 Å². The predicted octanol–water partition coefficient (Wildman–Crippen LogP) is 4.67. The summed E-state index contributed by atoms with van der Waals surface area (Å²) < 4.78 is 5.01. The minimum Gasteiger partial charge on any atom is -0.699 e. The molecule has 0 bridgehead atoms. The molecule has 215 valence electrons. The van der Waals surface area contributed by atoms with E-state index in [4.69, 9.17) is 25.6 Å². The third-order valence-corrected chi connectivity index (χ3v) is 5.29. The van der Waals surface area contributed by atoms with Gasteiger partial charge < -0.3 is 35.9 Å². The molecule has 0 unspecified atom stereocenters. The summed E-state index contributed by atoms with van der Waals surface area (Å²) in [6, 6.07) is 10.9. The molecule has 3 rings (SSSR count). The molecule has 6 N–H and O–H groups in total.